The number of halogens is 3. The Hall–Kier alpha value is -2.25. The van der Waals surface area contributed by atoms with Gasteiger partial charge >= 0.3 is 18.1 Å². The number of alkyl halides is 3. The van der Waals surface area contributed by atoms with Crippen molar-refractivity contribution in [3.8, 4) is 5.75 Å². The van der Waals surface area contributed by atoms with Crippen LogP contribution in [0.15, 0.2) is 18.2 Å². The second kappa shape index (κ2) is 4.45. The fraction of sp³-hybridized carbons (Fsp3) is 0.273. The Morgan fingerprint density at radius 3 is 2.58 bits per heavy atom. The average molecular weight is 275 g/mol. The number of hydrogen-bond donors (Lipinski definition) is 1. The van der Waals surface area contributed by atoms with E-state index in [0.29, 0.717) is 4.90 Å². The molecule has 8 heteroatoms. The first-order chi connectivity index (χ1) is 8.80. The Morgan fingerprint density at radius 2 is 2.00 bits per heavy atom. The Kier molecular flexibility index (Phi) is 3.09. The summed E-state index contributed by atoms with van der Waals surface area (Å²) in [5.74, 6) is -3.29. The lowest BCUT2D eigenvalue weighted by molar-refractivity contribution is -0.170. The van der Waals surface area contributed by atoms with Gasteiger partial charge in [0.2, 0.25) is 0 Å². The topological polar surface area (TPSA) is 66.8 Å². The van der Waals surface area contributed by atoms with Crippen molar-refractivity contribution >= 4 is 17.6 Å². The van der Waals surface area contributed by atoms with Crippen LogP contribution in [0.1, 0.15) is 10.4 Å². The van der Waals surface area contributed by atoms with Crippen LogP contribution in [0.25, 0.3) is 0 Å². The summed E-state index contributed by atoms with van der Waals surface area (Å²) in [6.45, 7) is -0.365. The Balaban J connectivity index is 2.45. The Morgan fingerprint density at radius 1 is 1.32 bits per heavy atom. The van der Waals surface area contributed by atoms with Crippen LogP contribution in [0.3, 0.4) is 0 Å². The molecule has 102 valence electrons. The largest absolute Gasteiger partial charge is 0.490 e. The van der Waals surface area contributed by atoms with Crippen molar-refractivity contribution in [3.63, 3.8) is 0 Å². The van der Waals surface area contributed by atoms with Gasteiger partial charge in [-0.15, -0.1) is 0 Å². The van der Waals surface area contributed by atoms with Crippen molar-refractivity contribution in [2.75, 3.05) is 18.1 Å². The molecular weight excluding hydrogens is 267 g/mol. The summed E-state index contributed by atoms with van der Waals surface area (Å²) in [7, 11) is 0. The first-order valence-electron chi connectivity index (χ1n) is 5.19. The summed E-state index contributed by atoms with van der Waals surface area (Å²) in [5.41, 5.74) is -0.405. The number of carbonyl (C=O) groups excluding carboxylic acids is 1. The van der Waals surface area contributed by atoms with Crippen molar-refractivity contribution < 1.29 is 32.6 Å². The summed E-state index contributed by atoms with van der Waals surface area (Å²) in [5, 5.41) is 8.80. The molecule has 0 saturated heterocycles. The molecule has 1 N–H and O–H groups in total. The normalized spacial score (nSPS) is 14.6. The highest BCUT2D eigenvalue weighted by Crippen LogP contribution is 2.35. The molecule has 2 rings (SSSR count). The number of benzene rings is 1. The number of carboxylic acids is 1. The number of carbonyl (C=O) groups is 2. The van der Waals surface area contributed by atoms with Gasteiger partial charge in [0.15, 0.2) is 0 Å². The third kappa shape index (κ3) is 2.47. The smallest absolute Gasteiger partial charge is 0.471 e. The maximum absolute atomic E-state index is 12.4. The fourth-order valence-corrected chi connectivity index (χ4v) is 1.71. The zero-order valence-electron chi connectivity index (χ0n) is 9.40. The standard InChI is InChI=1S/C11H8F3NO4/c12-11(13,14)10(18)15-3-4-19-8-2-1-6(9(16)17)5-7(8)15/h1-2,5H,3-4H2,(H,16,17). The van der Waals surface area contributed by atoms with E-state index in [1.54, 1.807) is 0 Å². The van der Waals surface area contributed by atoms with Crippen molar-refractivity contribution in [2.45, 2.75) is 6.18 Å². The number of rotatable bonds is 1. The van der Waals surface area contributed by atoms with E-state index < -0.39 is 18.1 Å². The van der Waals surface area contributed by atoms with Crippen molar-refractivity contribution in [2.24, 2.45) is 0 Å². The van der Waals surface area contributed by atoms with Gasteiger partial charge in [0.1, 0.15) is 12.4 Å². The minimum atomic E-state index is -5.02. The summed E-state index contributed by atoms with van der Waals surface area (Å²) in [6.07, 6.45) is -5.02. The number of ether oxygens (including phenoxy) is 1. The van der Waals surface area contributed by atoms with Crippen molar-refractivity contribution in [1.82, 2.24) is 0 Å². The zero-order chi connectivity index (χ0) is 14.2. The Labute approximate surface area is 105 Å². The highest BCUT2D eigenvalue weighted by atomic mass is 19.4. The Bertz CT molecular complexity index is 541. The van der Waals surface area contributed by atoms with E-state index in [1.807, 2.05) is 0 Å². The van der Waals surface area contributed by atoms with E-state index in [1.165, 1.54) is 12.1 Å². The number of amides is 1. The van der Waals surface area contributed by atoms with Gasteiger partial charge in [-0.1, -0.05) is 0 Å². The van der Waals surface area contributed by atoms with Gasteiger partial charge in [-0.05, 0) is 18.2 Å². The molecule has 5 nitrogen and oxygen atoms in total. The molecule has 0 saturated carbocycles. The zero-order valence-corrected chi connectivity index (χ0v) is 9.40. The van der Waals surface area contributed by atoms with Crippen LogP contribution in [0.4, 0.5) is 18.9 Å². The predicted molar refractivity (Wildman–Crippen MR) is 57.3 cm³/mol. The maximum atomic E-state index is 12.4. The lowest BCUT2D eigenvalue weighted by atomic mass is 10.1. The minimum Gasteiger partial charge on any atom is -0.490 e. The molecule has 0 fully saturated rings. The molecule has 0 bridgehead atoms. The molecular formula is C11H8F3NO4. The van der Waals surface area contributed by atoms with Crippen LogP contribution in [0.5, 0.6) is 5.75 Å². The highest BCUT2D eigenvalue weighted by Gasteiger charge is 2.44. The lowest BCUT2D eigenvalue weighted by Crippen LogP contribution is -2.45. The molecule has 0 spiro atoms. The van der Waals surface area contributed by atoms with Gasteiger partial charge in [-0.2, -0.15) is 13.2 Å². The molecule has 1 aromatic rings. The van der Waals surface area contributed by atoms with Crippen LogP contribution >= 0.6 is 0 Å². The maximum Gasteiger partial charge on any atom is 0.471 e. The lowest BCUT2D eigenvalue weighted by Gasteiger charge is -2.30. The summed E-state index contributed by atoms with van der Waals surface area (Å²) < 4.78 is 42.4. The van der Waals surface area contributed by atoms with Crippen LogP contribution in [0, 0.1) is 0 Å². The number of nitrogens with zero attached hydrogens (tertiary/aromatic N) is 1. The molecule has 1 aliphatic rings. The second-order valence-electron chi connectivity index (χ2n) is 3.79. The van der Waals surface area contributed by atoms with Crippen LogP contribution in [0.2, 0.25) is 0 Å². The van der Waals surface area contributed by atoms with E-state index in [4.69, 9.17) is 9.84 Å². The van der Waals surface area contributed by atoms with Crippen LogP contribution < -0.4 is 9.64 Å². The second-order valence-corrected chi connectivity index (χ2v) is 3.79. The van der Waals surface area contributed by atoms with Gasteiger partial charge in [-0.25, -0.2) is 4.79 Å². The van der Waals surface area contributed by atoms with Gasteiger partial charge in [-0.3, -0.25) is 9.69 Å². The molecule has 0 aliphatic carbocycles. The number of fused-ring (bicyclic) bond motifs is 1. The molecule has 1 amide bonds. The number of anilines is 1. The monoisotopic (exact) mass is 275 g/mol. The van der Waals surface area contributed by atoms with Crippen molar-refractivity contribution in [1.29, 1.82) is 0 Å². The molecule has 19 heavy (non-hydrogen) atoms. The van der Waals surface area contributed by atoms with E-state index in [-0.39, 0.29) is 30.2 Å². The van der Waals surface area contributed by atoms with Gasteiger partial charge in [0.05, 0.1) is 17.8 Å². The molecule has 1 heterocycles. The first-order valence-corrected chi connectivity index (χ1v) is 5.19. The molecule has 0 atom stereocenters. The van der Waals surface area contributed by atoms with E-state index in [2.05, 4.69) is 0 Å². The van der Waals surface area contributed by atoms with Crippen LogP contribution in [-0.2, 0) is 4.79 Å². The highest BCUT2D eigenvalue weighted by molar-refractivity contribution is 6.00. The quantitative estimate of drug-likeness (QED) is 0.846. The number of aromatic carboxylic acids is 1. The third-order valence-electron chi connectivity index (χ3n) is 2.56. The number of carboxylic acid groups (broad SMARTS) is 1. The van der Waals surface area contributed by atoms with Gasteiger partial charge < -0.3 is 9.84 Å². The fourth-order valence-electron chi connectivity index (χ4n) is 1.71. The SMILES string of the molecule is O=C(O)c1ccc2c(c1)N(C(=O)C(F)(F)F)CCO2. The van der Waals surface area contributed by atoms with E-state index >= 15 is 0 Å². The van der Waals surface area contributed by atoms with Gasteiger partial charge in [0.25, 0.3) is 0 Å². The molecule has 1 aliphatic heterocycles. The third-order valence-corrected chi connectivity index (χ3v) is 2.56. The molecule has 1 aromatic carbocycles. The average Bonchev–Trinajstić information content (AvgIpc) is 2.35. The van der Waals surface area contributed by atoms with Crippen LogP contribution in [-0.4, -0.2) is 36.3 Å². The van der Waals surface area contributed by atoms with E-state index in [0.717, 1.165) is 6.07 Å². The van der Waals surface area contributed by atoms with E-state index in [9.17, 15) is 22.8 Å². The summed E-state index contributed by atoms with van der Waals surface area (Å²) in [6, 6.07) is 3.41. The minimum absolute atomic E-state index is 0.0499. The molecule has 0 aromatic heterocycles. The number of hydrogen-bond acceptors (Lipinski definition) is 3. The predicted octanol–water partition coefficient (Wildman–Crippen LogP) is 1.67. The molecule has 0 unspecified atom stereocenters. The summed E-state index contributed by atoms with van der Waals surface area (Å²) in [4.78, 5) is 22.5. The van der Waals surface area contributed by atoms with Crippen molar-refractivity contribution in [3.05, 3.63) is 23.8 Å². The first kappa shape index (κ1) is 13.2. The van der Waals surface area contributed by atoms with Gasteiger partial charge in [0, 0.05) is 0 Å². The molecule has 0 radical (unpaired) electrons. The summed E-state index contributed by atoms with van der Waals surface area (Å²) >= 11 is 0.